The number of carbonyl (C=O) groups is 2. The van der Waals surface area contributed by atoms with Crippen LogP contribution in [0.15, 0.2) is 48.5 Å². The van der Waals surface area contributed by atoms with E-state index in [1.54, 1.807) is 19.1 Å². The molecule has 0 aliphatic rings. The minimum absolute atomic E-state index is 0.0496. The molecule has 0 aromatic heterocycles. The Hall–Kier alpha value is -2.73. The lowest BCUT2D eigenvalue weighted by Gasteiger charge is -2.08. The highest BCUT2D eigenvalue weighted by molar-refractivity contribution is 5.94. The first kappa shape index (κ1) is 18.6. The van der Waals surface area contributed by atoms with Crippen molar-refractivity contribution < 1.29 is 18.7 Å². The highest BCUT2D eigenvalue weighted by atomic mass is 19.1. The van der Waals surface area contributed by atoms with Crippen LogP contribution in [-0.4, -0.2) is 31.5 Å². The number of hydrogen-bond acceptors (Lipinski definition) is 3. The summed E-state index contributed by atoms with van der Waals surface area (Å²) in [4.78, 5) is 23.5. The van der Waals surface area contributed by atoms with Crippen LogP contribution < -0.4 is 10.6 Å². The highest BCUT2D eigenvalue weighted by Crippen LogP contribution is 2.08. The fourth-order valence-corrected chi connectivity index (χ4v) is 2.10. The number of nitrogens with one attached hydrogen (secondary N) is 2. The summed E-state index contributed by atoms with van der Waals surface area (Å²) in [6, 6.07) is 13.9. The van der Waals surface area contributed by atoms with Crippen LogP contribution in [0.25, 0.3) is 0 Å². The van der Waals surface area contributed by atoms with Crippen molar-refractivity contribution in [2.75, 3.05) is 19.7 Å². The molecule has 2 aromatic carbocycles. The van der Waals surface area contributed by atoms with Crippen molar-refractivity contribution in [3.05, 3.63) is 71.0 Å². The van der Waals surface area contributed by atoms with E-state index in [4.69, 9.17) is 4.74 Å². The number of carbonyl (C=O) groups excluding carboxylic acids is 2. The molecular weight excluding hydrogens is 323 g/mol. The van der Waals surface area contributed by atoms with Crippen molar-refractivity contribution in [3.8, 4) is 0 Å². The number of ether oxygens (including phenoxy) is 1. The molecule has 0 aliphatic heterocycles. The number of rotatable bonds is 8. The largest absolute Gasteiger partial charge is 0.367 e. The summed E-state index contributed by atoms with van der Waals surface area (Å²) in [5.41, 5.74) is 1.73. The first-order valence-electron chi connectivity index (χ1n) is 7.99. The van der Waals surface area contributed by atoms with Crippen LogP contribution in [0.2, 0.25) is 0 Å². The lowest BCUT2D eigenvalue weighted by molar-refractivity contribution is -0.126. The fourth-order valence-electron chi connectivity index (χ4n) is 2.10. The molecule has 0 spiro atoms. The first-order chi connectivity index (χ1) is 12.1. The Balaban J connectivity index is 1.61. The second kappa shape index (κ2) is 9.54. The summed E-state index contributed by atoms with van der Waals surface area (Å²) < 4.78 is 18.7. The third-order valence-electron chi connectivity index (χ3n) is 3.51. The summed E-state index contributed by atoms with van der Waals surface area (Å²) >= 11 is 0. The van der Waals surface area contributed by atoms with Crippen molar-refractivity contribution >= 4 is 11.8 Å². The predicted octanol–water partition coefficient (Wildman–Crippen LogP) is 2.20. The van der Waals surface area contributed by atoms with E-state index in [2.05, 4.69) is 10.6 Å². The third-order valence-corrected chi connectivity index (χ3v) is 3.51. The zero-order valence-electron chi connectivity index (χ0n) is 14.0. The van der Waals surface area contributed by atoms with Gasteiger partial charge < -0.3 is 15.4 Å². The summed E-state index contributed by atoms with van der Waals surface area (Å²) in [7, 11) is 0. The van der Waals surface area contributed by atoms with Gasteiger partial charge in [0.05, 0.1) is 6.61 Å². The Morgan fingerprint density at radius 1 is 1.04 bits per heavy atom. The predicted molar refractivity (Wildman–Crippen MR) is 92.6 cm³/mol. The third kappa shape index (κ3) is 6.35. The molecule has 2 rings (SSSR count). The number of amides is 2. The Morgan fingerprint density at radius 2 is 1.76 bits per heavy atom. The van der Waals surface area contributed by atoms with Gasteiger partial charge in [0.1, 0.15) is 12.4 Å². The van der Waals surface area contributed by atoms with Crippen LogP contribution in [0.5, 0.6) is 0 Å². The van der Waals surface area contributed by atoms with E-state index in [9.17, 15) is 14.0 Å². The van der Waals surface area contributed by atoms with Crippen LogP contribution in [0.1, 0.15) is 21.5 Å². The smallest absolute Gasteiger partial charge is 0.251 e. The minimum Gasteiger partial charge on any atom is -0.367 e. The molecule has 2 aromatic rings. The SMILES string of the molecule is Cc1ccc(C(=O)NCCNC(=O)COCc2ccccc2)cc1F. The zero-order valence-corrected chi connectivity index (χ0v) is 14.0. The van der Waals surface area contributed by atoms with Crippen LogP contribution >= 0.6 is 0 Å². The molecule has 0 saturated carbocycles. The van der Waals surface area contributed by atoms with Gasteiger partial charge in [0.25, 0.3) is 5.91 Å². The zero-order chi connectivity index (χ0) is 18.1. The molecule has 6 heteroatoms. The van der Waals surface area contributed by atoms with E-state index < -0.39 is 5.82 Å². The summed E-state index contributed by atoms with van der Waals surface area (Å²) in [5.74, 6) is -1.06. The van der Waals surface area contributed by atoms with Gasteiger partial charge in [-0.1, -0.05) is 36.4 Å². The molecule has 0 radical (unpaired) electrons. The van der Waals surface area contributed by atoms with E-state index >= 15 is 0 Å². The van der Waals surface area contributed by atoms with E-state index in [0.29, 0.717) is 12.2 Å². The normalized spacial score (nSPS) is 10.3. The number of halogens is 1. The van der Waals surface area contributed by atoms with Crippen LogP contribution in [0.3, 0.4) is 0 Å². The molecule has 132 valence electrons. The standard InChI is InChI=1S/C19H21FN2O3/c1-14-7-8-16(11-17(14)20)19(24)22-10-9-21-18(23)13-25-12-15-5-3-2-4-6-15/h2-8,11H,9-10,12-13H2,1H3,(H,21,23)(H,22,24). The lowest BCUT2D eigenvalue weighted by Crippen LogP contribution is -2.36. The lowest BCUT2D eigenvalue weighted by atomic mass is 10.1. The summed E-state index contributed by atoms with van der Waals surface area (Å²) in [6.45, 7) is 2.47. The molecule has 0 fully saturated rings. The molecule has 5 nitrogen and oxygen atoms in total. The number of aryl methyl sites for hydroxylation is 1. The van der Waals surface area contributed by atoms with E-state index in [0.717, 1.165) is 5.56 Å². The van der Waals surface area contributed by atoms with Crippen molar-refractivity contribution in [3.63, 3.8) is 0 Å². The van der Waals surface area contributed by atoms with Gasteiger partial charge >= 0.3 is 0 Å². The van der Waals surface area contributed by atoms with E-state index in [-0.39, 0.29) is 37.1 Å². The van der Waals surface area contributed by atoms with Crippen molar-refractivity contribution in [2.45, 2.75) is 13.5 Å². The molecule has 25 heavy (non-hydrogen) atoms. The van der Waals surface area contributed by atoms with Gasteiger partial charge in [-0.2, -0.15) is 0 Å². The Morgan fingerprint density at radius 3 is 2.48 bits per heavy atom. The summed E-state index contributed by atoms with van der Waals surface area (Å²) in [6.07, 6.45) is 0. The topological polar surface area (TPSA) is 67.4 Å². The van der Waals surface area contributed by atoms with Gasteiger partial charge in [-0.25, -0.2) is 4.39 Å². The van der Waals surface area contributed by atoms with Gasteiger partial charge in [0, 0.05) is 18.7 Å². The number of hydrogen-bond donors (Lipinski definition) is 2. The fraction of sp³-hybridized carbons (Fsp3) is 0.263. The van der Waals surface area contributed by atoms with Crippen molar-refractivity contribution in [2.24, 2.45) is 0 Å². The van der Waals surface area contributed by atoms with Gasteiger partial charge in [0.2, 0.25) is 5.91 Å². The first-order valence-corrected chi connectivity index (χ1v) is 7.99. The van der Waals surface area contributed by atoms with Crippen LogP contribution in [0, 0.1) is 12.7 Å². The maximum atomic E-state index is 13.4. The molecule has 2 N–H and O–H groups in total. The molecule has 2 amide bonds. The highest BCUT2D eigenvalue weighted by Gasteiger charge is 2.08. The second-order valence-corrected chi connectivity index (χ2v) is 5.55. The molecular formula is C19H21FN2O3. The minimum atomic E-state index is -0.420. The molecule has 0 saturated heterocycles. The quantitative estimate of drug-likeness (QED) is 0.722. The molecule has 0 atom stereocenters. The Kier molecular flexibility index (Phi) is 7.10. The second-order valence-electron chi connectivity index (χ2n) is 5.55. The van der Waals surface area contributed by atoms with Crippen molar-refractivity contribution in [1.29, 1.82) is 0 Å². The van der Waals surface area contributed by atoms with E-state index in [1.165, 1.54) is 6.07 Å². The Labute approximate surface area is 146 Å². The van der Waals surface area contributed by atoms with Gasteiger partial charge in [0.15, 0.2) is 0 Å². The van der Waals surface area contributed by atoms with Crippen molar-refractivity contribution in [1.82, 2.24) is 10.6 Å². The van der Waals surface area contributed by atoms with Gasteiger partial charge in [-0.05, 0) is 30.2 Å². The monoisotopic (exact) mass is 344 g/mol. The van der Waals surface area contributed by atoms with Crippen LogP contribution in [0.4, 0.5) is 4.39 Å². The Bertz CT molecular complexity index is 720. The maximum Gasteiger partial charge on any atom is 0.251 e. The molecule has 0 aliphatic carbocycles. The van der Waals surface area contributed by atoms with E-state index in [1.807, 2.05) is 30.3 Å². The van der Waals surface area contributed by atoms with Crippen LogP contribution in [-0.2, 0) is 16.1 Å². The van der Waals surface area contributed by atoms with Gasteiger partial charge in [-0.3, -0.25) is 9.59 Å². The molecule has 0 bridgehead atoms. The van der Waals surface area contributed by atoms with Gasteiger partial charge in [-0.15, -0.1) is 0 Å². The summed E-state index contributed by atoms with van der Waals surface area (Å²) in [5, 5.41) is 5.27. The maximum absolute atomic E-state index is 13.4. The number of benzene rings is 2. The average molecular weight is 344 g/mol. The molecule has 0 unspecified atom stereocenters. The average Bonchev–Trinajstić information content (AvgIpc) is 2.62. The molecule has 0 heterocycles.